The van der Waals surface area contributed by atoms with Crippen molar-refractivity contribution in [1.29, 1.82) is 0 Å². The fourth-order valence-corrected chi connectivity index (χ4v) is 5.05. The summed E-state index contributed by atoms with van der Waals surface area (Å²) in [5.41, 5.74) is 0.812. The summed E-state index contributed by atoms with van der Waals surface area (Å²) in [7, 11) is -3.45. The molecular formula is C18H26N2O2S2. The molecule has 0 fully saturated rings. The average Bonchev–Trinajstić information content (AvgIpc) is 3.04. The van der Waals surface area contributed by atoms with E-state index in [9.17, 15) is 8.42 Å². The van der Waals surface area contributed by atoms with Gasteiger partial charge in [0.1, 0.15) is 4.21 Å². The molecule has 0 aliphatic rings. The Kier molecular flexibility index (Phi) is 6.20. The molecule has 0 aliphatic heterocycles. The third kappa shape index (κ3) is 5.14. The molecule has 2 rings (SSSR count). The second-order valence-corrected chi connectivity index (χ2v) is 9.72. The van der Waals surface area contributed by atoms with E-state index in [4.69, 9.17) is 0 Å². The summed E-state index contributed by atoms with van der Waals surface area (Å²) < 4.78 is 28.0. The van der Waals surface area contributed by atoms with Crippen LogP contribution < -0.4 is 10.0 Å². The summed E-state index contributed by atoms with van der Waals surface area (Å²) in [5.74, 6) is 0. The van der Waals surface area contributed by atoms with Gasteiger partial charge in [0.25, 0.3) is 0 Å². The van der Waals surface area contributed by atoms with Gasteiger partial charge in [-0.3, -0.25) is 0 Å². The molecule has 24 heavy (non-hydrogen) atoms. The van der Waals surface area contributed by atoms with Gasteiger partial charge in [-0.25, -0.2) is 13.1 Å². The van der Waals surface area contributed by atoms with E-state index in [1.54, 1.807) is 6.07 Å². The number of thiophene rings is 1. The Bertz CT molecular complexity index is 752. The molecule has 1 heterocycles. The molecule has 2 aromatic rings. The van der Waals surface area contributed by atoms with Crippen molar-refractivity contribution in [3.8, 4) is 0 Å². The molecule has 0 saturated carbocycles. The quantitative estimate of drug-likeness (QED) is 0.749. The maximum Gasteiger partial charge on any atom is 0.250 e. The molecule has 132 valence electrons. The lowest BCUT2D eigenvalue weighted by Gasteiger charge is -2.30. The first-order chi connectivity index (χ1) is 11.2. The number of hydrogen-bond donors (Lipinski definition) is 2. The molecule has 0 amide bonds. The molecule has 4 nitrogen and oxygen atoms in total. The van der Waals surface area contributed by atoms with E-state index in [1.807, 2.05) is 45.0 Å². The van der Waals surface area contributed by atoms with Crippen LogP contribution in [0.15, 0.2) is 46.7 Å². The second-order valence-electron chi connectivity index (χ2n) is 6.56. The molecule has 0 radical (unpaired) electrons. The van der Waals surface area contributed by atoms with Gasteiger partial charge in [-0.15, -0.1) is 11.3 Å². The van der Waals surface area contributed by atoms with E-state index < -0.39 is 10.0 Å². The molecule has 1 aromatic heterocycles. The highest BCUT2D eigenvalue weighted by molar-refractivity contribution is 7.91. The second kappa shape index (κ2) is 7.78. The van der Waals surface area contributed by atoms with E-state index in [0.29, 0.717) is 10.8 Å². The van der Waals surface area contributed by atoms with Crippen LogP contribution in [0.3, 0.4) is 0 Å². The molecule has 1 aromatic carbocycles. The Morgan fingerprint density at radius 3 is 2.38 bits per heavy atom. The lowest BCUT2D eigenvalue weighted by atomic mass is 10.0. The first-order valence-corrected chi connectivity index (χ1v) is 10.4. The third-order valence-corrected chi connectivity index (χ3v) is 6.98. The highest BCUT2D eigenvalue weighted by Crippen LogP contribution is 2.22. The molecule has 0 saturated heterocycles. The zero-order valence-electron chi connectivity index (χ0n) is 14.7. The molecule has 2 N–H and O–H groups in total. The Balaban J connectivity index is 1.98. The zero-order chi connectivity index (χ0) is 17.8. The van der Waals surface area contributed by atoms with Crippen LogP contribution >= 0.6 is 11.3 Å². The van der Waals surface area contributed by atoms with Gasteiger partial charge in [-0.2, -0.15) is 0 Å². The van der Waals surface area contributed by atoms with Crippen molar-refractivity contribution >= 4 is 21.4 Å². The monoisotopic (exact) mass is 366 g/mol. The summed E-state index contributed by atoms with van der Waals surface area (Å²) in [4.78, 5) is 1.07. The standard InChI is InChI=1S/C18H26N2O2S2/c1-5-16-11-12-17(23-16)24(21,22)19-13-18(3,4)20-14(2)15-9-7-6-8-10-15/h6-12,14,19-20H,5,13H2,1-4H3. The number of hydrogen-bond acceptors (Lipinski definition) is 4. The number of aryl methyl sites for hydroxylation is 1. The van der Waals surface area contributed by atoms with Crippen molar-refractivity contribution in [2.75, 3.05) is 6.54 Å². The smallest absolute Gasteiger partial charge is 0.250 e. The lowest BCUT2D eigenvalue weighted by molar-refractivity contribution is 0.346. The van der Waals surface area contributed by atoms with E-state index >= 15 is 0 Å². The predicted octanol–water partition coefficient (Wildman–Crippen LogP) is 3.72. The summed E-state index contributed by atoms with van der Waals surface area (Å²) in [6.45, 7) is 8.43. The van der Waals surface area contributed by atoms with E-state index in [2.05, 4.69) is 29.1 Å². The van der Waals surface area contributed by atoms with E-state index in [-0.39, 0.29) is 11.6 Å². The average molecular weight is 367 g/mol. The first-order valence-electron chi connectivity index (χ1n) is 8.14. The SMILES string of the molecule is CCc1ccc(S(=O)(=O)NCC(C)(C)NC(C)c2ccccc2)s1. The Hall–Kier alpha value is -1.21. The largest absolute Gasteiger partial charge is 0.304 e. The summed E-state index contributed by atoms with van der Waals surface area (Å²) in [6.07, 6.45) is 0.849. The van der Waals surface area contributed by atoms with Gasteiger partial charge in [-0.1, -0.05) is 37.3 Å². The first kappa shape index (κ1) is 19.1. The summed E-state index contributed by atoms with van der Waals surface area (Å²) in [5, 5.41) is 3.49. The maximum absolute atomic E-state index is 12.4. The Morgan fingerprint density at radius 2 is 1.79 bits per heavy atom. The van der Waals surface area contributed by atoms with Crippen molar-refractivity contribution in [2.24, 2.45) is 0 Å². The summed E-state index contributed by atoms with van der Waals surface area (Å²) in [6, 6.07) is 13.8. The van der Waals surface area contributed by atoms with Crippen LogP contribution in [-0.4, -0.2) is 20.5 Å². The van der Waals surface area contributed by atoms with Gasteiger partial charge in [0.05, 0.1) is 0 Å². The summed E-state index contributed by atoms with van der Waals surface area (Å²) >= 11 is 1.33. The van der Waals surface area contributed by atoms with Crippen LogP contribution in [0.25, 0.3) is 0 Å². The molecular weight excluding hydrogens is 340 g/mol. The predicted molar refractivity (Wildman–Crippen MR) is 101 cm³/mol. The maximum atomic E-state index is 12.4. The Labute approximate surface area is 149 Å². The van der Waals surface area contributed by atoms with Gasteiger partial charge in [0, 0.05) is 23.0 Å². The van der Waals surface area contributed by atoms with Gasteiger partial charge >= 0.3 is 0 Å². The lowest BCUT2D eigenvalue weighted by Crippen LogP contribution is -2.49. The van der Waals surface area contributed by atoms with Crippen LogP contribution in [-0.2, 0) is 16.4 Å². The van der Waals surface area contributed by atoms with Crippen molar-refractivity contribution in [1.82, 2.24) is 10.0 Å². The third-order valence-electron chi connectivity index (χ3n) is 3.86. The van der Waals surface area contributed by atoms with Crippen LogP contribution in [0.5, 0.6) is 0 Å². The highest BCUT2D eigenvalue weighted by Gasteiger charge is 2.25. The number of sulfonamides is 1. The molecule has 6 heteroatoms. The normalized spacial score (nSPS) is 13.8. The molecule has 1 atom stereocenters. The fourth-order valence-electron chi connectivity index (χ4n) is 2.50. The van der Waals surface area contributed by atoms with Crippen LogP contribution in [0.4, 0.5) is 0 Å². The molecule has 1 unspecified atom stereocenters. The topological polar surface area (TPSA) is 58.2 Å². The Morgan fingerprint density at radius 1 is 1.12 bits per heavy atom. The van der Waals surface area contributed by atoms with E-state index in [1.165, 1.54) is 16.9 Å². The van der Waals surface area contributed by atoms with Gasteiger partial charge in [0.15, 0.2) is 0 Å². The number of rotatable bonds is 8. The van der Waals surface area contributed by atoms with Crippen LogP contribution in [0.2, 0.25) is 0 Å². The van der Waals surface area contributed by atoms with Crippen molar-refractivity contribution in [2.45, 2.75) is 49.9 Å². The zero-order valence-corrected chi connectivity index (χ0v) is 16.3. The van der Waals surface area contributed by atoms with Crippen molar-refractivity contribution in [3.63, 3.8) is 0 Å². The minimum Gasteiger partial charge on any atom is -0.304 e. The van der Waals surface area contributed by atoms with Crippen molar-refractivity contribution in [3.05, 3.63) is 52.9 Å². The fraction of sp³-hybridized carbons (Fsp3) is 0.444. The minimum atomic E-state index is -3.45. The number of benzene rings is 1. The van der Waals surface area contributed by atoms with Gasteiger partial charge < -0.3 is 5.32 Å². The van der Waals surface area contributed by atoms with Crippen molar-refractivity contribution < 1.29 is 8.42 Å². The van der Waals surface area contributed by atoms with E-state index in [0.717, 1.165) is 11.3 Å². The highest BCUT2D eigenvalue weighted by atomic mass is 32.2. The minimum absolute atomic E-state index is 0.138. The molecule has 0 spiro atoms. The van der Waals surface area contributed by atoms with Gasteiger partial charge in [0.2, 0.25) is 10.0 Å². The van der Waals surface area contributed by atoms with Crippen LogP contribution in [0, 0.1) is 0 Å². The van der Waals surface area contributed by atoms with Crippen LogP contribution in [0.1, 0.15) is 44.2 Å². The van der Waals surface area contributed by atoms with Gasteiger partial charge in [-0.05, 0) is 44.9 Å². The molecule has 0 aliphatic carbocycles. The number of nitrogens with one attached hydrogen (secondary N) is 2. The molecule has 0 bridgehead atoms.